The molecule has 1 amide bonds. The predicted molar refractivity (Wildman–Crippen MR) is 62.9 cm³/mol. The van der Waals surface area contributed by atoms with Gasteiger partial charge in [0, 0.05) is 12.6 Å². The van der Waals surface area contributed by atoms with Gasteiger partial charge in [0.1, 0.15) is 0 Å². The molecular formula is C12H20N2O2. The lowest BCUT2D eigenvalue weighted by atomic mass is 10.0. The van der Waals surface area contributed by atoms with Crippen molar-refractivity contribution >= 4 is 5.91 Å². The third-order valence-electron chi connectivity index (χ3n) is 2.84. The third kappa shape index (κ3) is 2.97. The number of nitrogens with zero attached hydrogens (tertiary/aromatic N) is 1. The normalized spacial score (nSPS) is 24.1. The fourth-order valence-corrected chi connectivity index (χ4v) is 1.95. The van der Waals surface area contributed by atoms with E-state index >= 15 is 0 Å². The molecule has 0 aromatic heterocycles. The molecule has 0 spiro atoms. The average Bonchev–Trinajstić information content (AvgIpc) is 2.73. The van der Waals surface area contributed by atoms with Crippen LogP contribution < -0.4 is 5.32 Å². The minimum Gasteiger partial charge on any atom is -0.379 e. The molecule has 0 aromatic rings. The van der Waals surface area contributed by atoms with E-state index in [1.54, 1.807) is 4.90 Å². The number of carbonyl (C=O) groups excluding carboxylic acids is 1. The fraction of sp³-hybridized carbons (Fsp3) is 0.750. The maximum atomic E-state index is 12.2. The zero-order valence-corrected chi connectivity index (χ0v) is 10.0. The molecule has 0 saturated carbocycles. The first kappa shape index (κ1) is 13.0. The van der Waals surface area contributed by atoms with E-state index in [-0.39, 0.29) is 17.9 Å². The van der Waals surface area contributed by atoms with Gasteiger partial charge in [0.15, 0.2) is 0 Å². The molecule has 1 fully saturated rings. The summed E-state index contributed by atoms with van der Waals surface area (Å²) < 4.78 is 5.35. The highest BCUT2D eigenvalue weighted by Gasteiger charge is 2.35. The van der Waals surface area contributed by atoms with Crippen molar-refractivity contribution in [1.82, 2.24) is 10.2 Å². The molecule has 1 aliphatic rings. The van der Waals surface area contributed by atoms with E-state index in [1.807, 2.05) is 13.8 Å². The van der Waals surface area contributed by atoms with Crippen LogP contribution >= 0.6 is 0 Å². The van der Waals surface area contributed by atoms with E-state index < -0.39 is 0 Å². The molecular weight excluding hydrogens is 204 g/mol. The number of amides is 1. The van der Waals surface area contributed by atoms with E-state index in [2.05, 4.69) is 11.2 Å². The van der Waals surface area contributed by atoms with Crippen molar-refractivity contribution < 1.29 is 9.53 Å². The van der Waals surface area contributed by atoms with E-state index in [0.29, 0.717) is 26.3 Å². The summed E-state index contributed by atoms with van der Waals surface area (Å²) in [5.74, 6) is 2.53. The maximum Gasteiger partial charge on any atom is 0.230 e. The van der Waals surface area contributed by atoms with Crippen molar-refractivity contribution in [1.29, 1.82) is 0 Å². The summed E-state index contributed by atoms with van der Waals surface area (Å²) in [4.78, 5) is 13.9. The van der Waals surface area contributed by atoms with Crippen LogP contribution in [0.2, 0.25) is 0 Å². The van der Waals surface area contributed by atoms with Gasteiger partial charge in [-0.1, -0.05) is 12.8 Å². The van der Waals surface area contributed by atoms with Gasteiger partial charge in [-0.05, 0) is 13.5 Å². The summed E-state index contributed by atoms with van der Waals surface area (Å²) >= 11 is 0. The number of hydrogen-bond donors (Lipinski definition) is 1. The molecule has 4 heteroatoms. The van der Waals surface area contributed by atoms with Gasteiger partial charge in [0.25, 0.3) is 0 Å². The lowest BCUT2D eigenvalue weighted by Gasteiger charge is -2.24. The molecule has 1 heterocycles. The van der Waals surface area contributed by atoms with Gasteiger partial charge < -0.3 is 15.0 Å². The largest absolute Gasteiger partial charge is 0.379 e. The molecule has 1 aliphatic heterocycles. The third-order valence-corrected chi connectivity index (χ3v) is 2.84. The molecule has 2 unspecified atom stereocenters. The van der Waals surface area contributed by atoms with Crippen LogP contribution in [0.3, 0.4) is 0 Å². The van der Waals surface area contributed by atoms with Crippen LogP contribution in [0.15, 0.2) is 0 Å². The molecule has 0 aliphatic carbocycles. The summed E-state index contributed by atoms with van der Waals surface area (Å²) in [5, 5.41) is 3.27. The van der Waals surface area contributed by atoms with Crippen LogP contribution in [0.5, 0.6) is 0 Å². The van der Waals surface area contributed by atoms with Crippen molar-refractivity contribution in [2.75, 3.05) is 32.8 Å². The van der Waals surface area contributed by atoms with Crippen LogP contribution in [-0.2, 0) is 9.53 Å². The van der Waals surface area contributed by atoms with Crippen LogP contribution in [0.25, 0.3) is 0 Å². The van der Waals surface area contributed by atoms with Gasteiger partial charge in [-0.15, -0.1) is 6.42 Å². The van der Waals surface area contributed by atoms with Gasteiger partial charge >= 0.3 is 0 Å². The molecule has 2 atom stereocenters. The smallest absolute Gasteiger partial charge is 0.230 e. The molecule has 1 saturated heterocycles. The van der Waals surface area contributed by atoms with E-state index in [4.69, 9.17) is 11.2 Å². The van der Waals surface area contributed by atoms with Crippen LogP contribution in [0, 0.1) is 18.3 Å². The van der Waals surface area contributed by atoms with Crippen molar-refractivity contribution in [2.45, 2.75) is 19.9 Å². The highest BCUT2D eigenvalue weighted by Crippen LogP contribution is 2.16. The Morgan fingerprint density at radius 3 is 2.88 bits per heavy atom. The minimum atomic E-state index is -0.0896. The van der Waals surface area contributed by atoms with Crippen LogP contribution in [0.1, 0.15) is 13.8 Å². The zero-order valence-electron chi connectivity index (χ0n) is 10.0. The molecule has 0 aromatic carbocycles. The Morgan fingerprint density at radius 2 is 2.31 bits per heavy atom. The van der Waals surface area contributed by atoms with E-state index in [1.165, 1.54) is 0 Å². The van der Waals surface area contributed by atoms with Gasteiger partial charge in [-0.25, -0.2) is 0 Å². The van der Waals surface area contributed by atoms with Gasteiger partial charge in [0.2, 0.25) is 5.91 Å². The van der Waals surface area contributed by atoms with Crippen LogP contribution in [-0.4, -0.2) is 49.7 Å². The summed E-state index contributed by atoms with van der Waals surface area (Å²) in [7, 11) is 0. The maximum absolute atomic E-state index is 12.2. The predicted octanol–water partition coefficient (Wildman–Crippen LogP) is 0.0926. The van der Waals surface area contributed by atoms with Gasteiger partial charge in [-0.3, -0.25) is 4.79 Å². The Hall–Kier alpha value is -1.05. The Balaban J connectivity index is 2.60. The summed E-state index contributed by atoms with van der Waals surface area (Å²) in [6.45, 7) is 6.95. The number of carbonyl (C=O) groups is 1. The standard InChI is InChI=1S/C12H20N2O2/c1-4-7-14(6-3)12(15)10-8-16-9-11(10)13-5-2/h1,10-11,13H,5-9H2,2-3H3. The molecule has 0 radical (unpaired) electrons. The molecule has 0 bridgehead atoms. The molecule has 4 nitrogen and oxygen atoms in total. The highest BCUT2D eigenvalue weighted by atomic mass is 16.5. The Morgan fingerprint density at radius 1 is 1.56 bits per heavy atom. The first-order valence-corrected chi connectivity index (χ1v) is 5.77. The average molecular weight is 224 g/mol. The number of terminal acetylenes is 1. The Labute approximate surface area is 97.3 Å². The molecule has 1 N–H and O–H groups in total. The zero-order chi connectivity index (χ0) is 12.0. The number of likely N-dealkylation sites (N-methyl/N-ethyl adjacent to an activating group) is 1. The first-order valence-electron chi connectivity index (χ1n) is 5.77. The number of hydrogen-bond acceptors (Lipinski definition) is 3. The lowest BCUT2D eigenvalue weighted by Crippen LogP contribution is -2.45. The van der Waals surface area contributed by atoms with Crippen molar-refractivity contribution in [3.05, 3.63) is 0 Å². The monoisotopic (exact) mass is 224 g/mol. The van der Waals surface area contributed by atoms with Crippen molar-refractivity contribution in [3.63, 3.8) is 0 Å². The van der Waals surface area contributed by atoms with Gasteiger partial charge in [0.05, 0.1) is 25.7 Å². The van der Waals surface area contributed by atoms with E-state index in [0.717, 1.165) is 6.54 Å². The summed E-state index contributed by atoms with van der Waals surface area (Å²) in [6.07, 6.45) is 5.24. The number of rotatable bonds is 5. The van der Waals surface area contributed by atoms with E-state index in [9.17, 15) is 4.79 Å². The SMILES string of the molecule is C#CCN(CC)C(=O)C1COCC1NCC. The summed E-state index contributed by atoms with van der Waals surface area (Å²) in [6, 6.07) is 0.129. The molecule has 90 valence electrons. The summed E-state index contributed by atoms with van der Waals surface area (Å²) in [5.41, 5.74) is 0. The van der Waals surface area contributed by atoms with Crippen molar-refractivity contribution in [3.8, 4) is 12.3 Å². The number of nitrogens with one attached hydrogen (secondary N) is 1. The molecule has 1 rings (SSSR count). The first-order chi connectivity index (χ1) is 7.74. The van der Waals surface area contributed by atoms with Crippen LogP contribution in [0.4, 0.5) is 0 Å². The Kier molecular flexibility index (Phi) is 5.30. The fourth-order valence-electron chi connectivity index (χ4n) is 1.95. The second kappa shape index (κ2) is 6.51. The lowest BCUT2D eigenvalue weighted by molar-refractivity contribution is -0.135. The highest BCUT2D eigenvalue weighted by molar-refractivity contribution is 5.80. The second-order valence-corrected chi connectivity index (χ2v) is 3.86. The minimum absolute atomic E-state index is 0.0896. The Bertz CT molecular complexity index is 273. The van der Waals surface area contributed by atoms with Gasteiger partial charge in [-0.2, -0.15) is 0 Å². The van der Waals surface area contributed by atoms with Crippen molar-refractivity contribution in [2.24, 2.45) is 5.92 Å². The molecule has 16 heavy (non-hydrogen) atoms. The topological polar surface area (TPSA) is 41.6 Å². The second-order valence-electron chi connectivity index (χ2n) is 3.86. The number of ether oxygens (including phenoxy) is 1. The quantitative estimate of drug-likeness (QED) is 0.673.